The third-order valence-electron chi connectivity index (χ3n) is 3.71. The summed E-state index contributed by atoms with van der Waals surface area (Å²) in [5.41, 5.74) is 0.919. The minimum absolute atomic E-state index is 0.123. The summed E-state index contributed by atoms with van der Waals surface area (Å²) in [4.78, 5) is 38.6. The van der Waals surface area contributed by atoms with E-state index in [0.717, 1.165) is 6.41 Å². The van der Waals surface area contributed by atoms with E-state index in [-0.39, 0.29) is 11.8 Å². The van der Waals surface area contributed by atoms with Gasteiger partial charge in [-0.05, 0) is 18.2 Å². The minimum atomic E-state index is -0.234. The van der Waals surface area contributed by atoms with Crippen LogP contribution in [0.1, 0.15) is 20.7 Å². The number of nitrogens with zero attached hydrogens (tertiary/aromatic N) is 2. The van der Waals surface area contributed by atoms with Gasteiger partial charge in [0.1, 0.15) is 0 Å². The van der Waals surface area contributed by atoms with E-state index in [1.807, 2.05) is 0 Å². The number of amides is 3. The van der Waals surface area contributed by atoms with Crippen molar-refractivity contribution < 1.29 is 19.1 Å². The molecule has 1 aliphatic rings. The second-order valence-corrected chi connectivity index (χ2v) is 5.26. The fourth-order valence-electron chi connectivity index (χ4n) is 2.38. The van der Waals surface area contributed by atoms with Crippen LogP contribution in [-0.2, 0) is 9.53 Å². The van der Waals surface area contributed by atoms with E-state index < -0.39 is 0 Å². The SMILES string of the molecule is COCCNC(=O)c1cccc(C(=O)N2CCN(C=O)CC2)c1. The van der Waals surface area contributed by atoms with Crippen LogP contribution < -0.4 is 5.32 Å². The zero-order valence-corrected chi connectivity index (χ0v) is 13.2. The van der Waals surface area contributed by atoms with Crippen LogP contribution in [0.2, 0.25) is 0 Å². The van der Waals surface area contributed by atoms with Crippen molar-refractivity contribution in [1.82, 2.24) is 15.1 Å². The second kappa shape index (κ2) is 8.28. The number of methoxy groups -OCH3 is 1. The van der Waals surface area contributed by atoms with Crippen LogP contribution in [0, 0.1) is 0 Å². The van der Waals surface area contributed by atoms with E-state index >= 15 is 0 Å². The molecule has 1 saturated heterocycles. The topological polar surface area (TPSA) is 79.0 Å². The van der Waals surface area contributed by atoms with E-state index in [1.165, 1.54) is 0 Å². The molecular formula is C16H21N3O4. The number of carbonyl (C=O) groups excluding carboxylic acids is 3. The van der Waals surface area contributed by atoms with Gasteiger partial charge in [0.05, 0.1) is 6.61 Å². The molecule has 23 heavy (non-hydrogen) atoms. The fraction of sp³-hybridized carbons (Fsp3) is 0.438. The maximum atomic E-state index is 12.5. The molecule has 7 nitrogen and oxygen atoms in total. The molecule has 1 N–H and O–H groups in total. The number of piperazine rings is 1. The maximum absolute atomic E-state index is 12.5. The van der Waals surface area contributed by atoms with Crippen molar-refractivity contribution in [1.29, 1.82) is 0 Å². The quantitative estimate of drug-likeness (QED) is 0.590. The zero-order chi connectivity index (χ0) is 16.7. The Morgan fingerprint density at radius 1 is 1.22 bits per heavy atom. The number of benzene rings is 1. The average Bonchev–Trinajstić information content (AvgIpc) is 2.61. The summed E-state index contributed by atoms with van der Waals surface area (Å²) in [6.07, 6.45) is 0.798. The third-order valence-corrected chi connectivity index (χ3v) is 3.71. The van der Waals surface area contributed by atoms with Crippen LogP contribution in [0.25, 0.3) is 0 Å². The van der Waals surface area contributed by atoms with Crippen LogP contribution in [-0.4, -0.2) is 74.5 Å². The molecule has 1 aromatic carbocycles. The Labute approximate surface area is 135 Å². The molecule has 1 heterocycles. The van der Waals surface area contributed by atoms with Gasteiger partial charge in [0.25, 0.3) is 11.8 Å². The van der Waals surface area contributed by atoms with Crippen LogP contribution in [0.4, 0.5) is 0 Å². The first kappa shape index (κ1) is 17.0. The number of hydrogen-bond donors (Lipinski definition) is 1. The van der Waals surface area contributed by atoms with Gasteiger partial charge in [-0.25, -0.2) is 0 Å². The molecule has 0 aliphatic carbocycles. The van der Waals surface area contributed by atoms with Gasteiger partial charge in [0.15, 0.2) is 0 Å². The molecule has 3 amide bonds. The van der Waals surface area contributed by atoms with Gasteiger partial charge in [-0.15, -0.1) is 0 Å². The molecule has 0 radical (unpaired) electrons. The Kier molecular flexibility index (Phi) is 6.10. The lowest BCUT2D eigenvalue weighted by Gasteiger charge is -2.32. The van der Waals surface area contributed by atoms with Gasteiger partial charge in [-0.1, -0.05) is 6.07 Å². The Morgan fingerprint density at radius 3 is 2.57 bits per heavy atom. The van der Waals surface area contributed by atoms with E-state index in [9.17, 15) is 14.4 Å². The molecule has 0 unspecified atom stereocenters. The van der Waals surface area contributed by atoms with Crippen molar-refractivity contribution in [2.45, 2.75) is 0 Å². The monoisotopic (exact) mass is 319 g/mol. The van der Waals surface area contributed by atoms with E-state index in [4.69, 9.17) is 4.74 Å². The lowest BCUT2D eigenvalue weighted by molar-refractivity contribution is -0.119. The molecule has 1 aromatic rings. The van der Waals surface area contributed by atoms with E-state index in [2.05, 4.69) is 5.32 Å². The number of carbonyl (C=O) groups is 3. The van der Waals surface area contributed by atoms with Crippen LogP contribution in [0.3, 0.4) is 0 Å². The number of ether oxygens (including phenoxy) is 1. The van der Waals surface area contributed by atoms with Crippen molar-refractivity contribution >= 4 is 18.2 Å². The lowest BCUT2D eigenvalue weighted by atomic mass is 10.1. The zero-order valence-electron chi connectivity index (χ0n) is 13.2. The summed E-state index contributed by atoms with van der Waals surface area (Å²) in [5, 5.41) is 2.72. The summed E-state index contributed by atoms with van der Waals surface area (Å²) >= 11 is 0. The molecule has 124 valence electrons. The maximum Gasteiger partial charge on any atom is 0.253 e. The number of hydrogen-bond acceptors (Lipinski definition) is 4. The van der Waals surface area contributed by atoms with Gasteiger partial charge in [0, 0.05) is 51.0 Å². The van der Waals surface area contributed by atoms with Crippen LogP contribution in [0.15, 0.2) is 24.3 Å². The molecule has 0 spiro atoms. The van der Waals surface area contributed by atoms with Crippen molar-refractivity contribution in [3.05, 3.63) is 35.4 Å². The van der Waals surface area contributed by atoms with Crippen molar-refractivity contribution in [2.24, 2.45) is 0 Å². The Bertz CT molecular complexity index is 568. The standard InChI is InChI=1S/C16H21N3O4/c1-23-10-5-17-15(21)13-3-2-4-14(11-13)16(22)19-8-6-18(12-20)7-9-19/h2-4,11-12H,5-10H2,1H3,(H,17,21). The minimum Gasteiger partial charge on any atom is -0.383 e. The van der Waals surface area contributed by atoms with Gasteiger partial charge in [0.2, 0.25) is 6.41 Å². The highest BCUT2D eigenvalue weighted by atomic mass is 16.5. The Hall–Kier alpha value is -2.41. The summed E-state index contributed by atoms with van der Waals surface area (Å²) in [7, 11) is 1.57. The molecule has 2 rings (SSSR count). The average molecular weight is 319 g/mol. The van der Waals surface area contributed by atoms with Gasteiger partial charge in [-0.2, -0.15) is 0 Å². The van der Waals surface area contributed by atoms with Gasteiger partial charge >= 0.3 is 0 Å². The Balaban J connectivity index is 2.00. The lowest BCUT2D eigenvalue weighted by Crippen LogP contribution is -2.48. The first-order chi connectivity index (χ1) is 11.2. The highest BCUT2D eigenvalue weighted by Gasteiger charge is 2.21. The normalized spacial score (nSPS) is 14.5. The predicted molar refractivity (Wildman–Crippen MR) is 84.2 cm³/mol. The predicted octanol–water partition coefficient (Wildman–Crippen LogP) is -0.0230. The third kappa shape index (κ3) is 4.53. The summed E-state index contributed by atoms with van der Waals surface area (Å²) < 4.78 is 4.88. The van der Waals surface area contributed by atoms with Crippen LogP contribution >= 0.6 is 0 Å². The van der Waals surface area contributed by atoms with Gasteiger partial charge in [-0.3, -0.25) is 14.4 Å². The van der Waals surface area contributed by atoms with E-state index in [0.29, 0.717) is 50.5 Å². The highest BCUT2D eigenvalue weighted by molar-refractivity contribution is 5.99. The van der Waals surface area contributed by atoms with Crippen molar-refractivity contribution in [2.75, 3.05) is 46.4 Å². The van der Waals surface area contributed by atoms with E-state index in [1.54, 1.807) is 41.2 Å². The van der Waals surface area contributed by atoms with Crippen molar-refractivity contribution in [3.8, 4) is 0 Å². The summed E-state index contributed by atoms with van der Waals surface area (Å²) in [5.74, 6) is -0.357. The largest absolute Gasteiger partial charge is 0.383 e. The Morgan fingerprint density at radius 2 is 1.91 bits per heavy atom. The highest BCUT2D eigenvalue weighted by Crippen LogP contribution is 2.11. The molecule has 7 heteroatoms. The summed E-state index contributed by atoms with van der Waals surface area (Å²) in [6.45, 7) is 2.93. The molecule has 0 saturated carbocycles. The molecule has 1 fully saturated rings. The van der Waals surface area contributed by atoms with Crippen molar-refractivity contribution in [3.63, 3.8) is 0 Å². The fourth-order valence-corrected chi connectivity index (χ4v) is 2.38. The molecule has 0 aromatic heterocycles. The number of nitrogens with one attached hydrogen (secondary N) is 1. The van der Waals surface area contributed by atoms with Crippen LogP contribution in [0.5, 0.6) is 0 Å². The molecule has 0 bridgehead atoms. The molecular weight excluding hydrogens is 298 g/mol. The molecule has 0 atom stereocenters. The first-order valence-corrected chi connectivity index (χ1v) is 7.51. The first-order valence-electron chi connectivity index (χ1n) is 7.51. The second-order valence-electron chi connectivity index (χ2n) is 5.26. The molecule has 1 aliphatic heterocycles. The van der Waals surface area contributed by atoms with Gasteiger partial charge < -0.3 is 19.9 Å². The summed E-state index contributed by atoms with van der Waals surface area (Å²) in [6, 6.07) is 6.65. The number of rotatable bonds is 6. The smallest absolute Gasteiger partial charge is 0.253 e.